The van der Waals surface area contributed by atoms with Crippen LogP contribution in [0.25, 0.3) is 0 Å². The first-order chi connectivity index (χ1) is 7.84. The summed E-state index contributed by atoms with van der Waals surface area (Å²) in [5.74, 6) is 0.703. The van der Waals surface area contributed by atoms with Gasteiger partial charge in [0.1, 0.15) is 0 Å². The molecule has 0 bridgehead atoms. The van der Waals surface area contributed by atoms with Crippen molar-refractivity contribution >= 4 is 11.6 Å². The van der Waals surface area contributed by atoms with Crippen molar-refractivity contribution in [3.8, 4) is 0 Å². The Bertz CT molecular complexity index is 421. The third kappa shape index (κ3) is 1.77. The summed E-state index contributed by atoms with van der Waals surface area (Å²) in [6, 6.07) is 8.99. The molecule has 0 unspecified atom stereocenters. The second-order valence-corrected chi connectivity index (χ2v) is 4.60. The third-order valence-electron chi connectivity index (χ3n) is 3.25. The molecule has 1 aromatic carbocycles. The third-order valence-corrected chi connectivity index (χ3v) is 3.25. The van der Waals surface area contributed by atoms with Gasteiger partial charge in [-0.05, 0) is 37.3 Å². The number of nitrogens with two attached hydrogens (primary N) is 1. The highest BCUT2D eigenvalue weighted by Gasteiger charge is 2.24. The lowest BCUT2D eigenvalue weighted by Crippen LogP contribution is -2.41. The normalized spacial score (nSPS) is 20.8. The van der Waals surface area contributed by atoms with E-state index in [9.17, 15) is 0 Å². The summed E-state index contributed by atoms with van der Waals surface area (Å²) in [6.45, 7) is 0.999. The van der Waals surface area contributed by atoms with E-state index in [1.54, 1.807) is 0 Å². The van der Waals surface area contributed by atoms with E-state index in [0.29, 0.717) is 12.0 Å². The molecule has 0 saturated heterocycles. The molecule has 1 aliphatic carbocycles. The minimum absolute atomic E-state index is 0.495. The molecule has 0 amide bonds. The molecular weight excluding hydrogens is 198 g/mol. The van der Waals surface area contributed by atoms with Gasteiger partial charge in [0.05, 0.1) is 6.04 Å². The maximum Gasteiger partial charge on any atom is 0.196 e. The molecule has 1 saturated carbocycles. The number of aryl methyl sites for hydroxylation is 1. The highest BCUT2D eigenvalue weighted by molar-refractivity contribution is 5.96. The van der Waals surface area contributed by atoms with Crippen LogP contribution < -0.4 is 10.6 Å². The standard InChI is InChI=1S/C13H17N3/c14-13(15-11-7-8-11)16-9-3-5-10-4-1-2-6-12(10)16/h1-2,4,6,11H,3,5,7-9H2,(H2,14,15). The molecule has 1 aliphatic heterocycles. The molecule has 3 nitrogen and oxygen atoms in total. The maximum atomic E-state index is 6.08. The summed E-state index contributed by atoms with van der Waals surface area (Å²) >= 11 is 0. The van der Waals surface area contributed by atoms with Crippen molar-refractivity contribution in [3.63, 3.8) is 0 Å². The molecule has 0 atom stereocenters. The number of anilines is 1. The molecule has 0 spiro atoms. The second-order valence-electron chi connectivity index (χ2n) is 4.60. The Morgan fingerprint density at radius 2 is 2.12 bits per heavy atom. The van der Waals surface area contributed by atoms with Crippen molar-refractivity contribution in [1.82, 2.24) is 0 Å². The van der Waals surface area contributed by atoms with E-state index in [4.69, 9.17) is 5.73 Å². The summed E-state index contributed by atoms with van der Waals surface area (Å²) in [7, 11) is 0. The minimum Gasteiger partial charge on any atom is -0.370 e. The molecule has 1 aromatic rings. The number of para-hydroxylation sites is 1. The van der Waals surface area contributed by atoms with E-state index in [1.807, 2.05) is 0 Å². The first-order valence-electron chi connectivity index (χ1n) is 6.03. The van der Waals surface area contributed by atoms with Crippen molar-refractivity contribution in [2.24, 2.45) is 10.7 Å². The Morgan fingerprint density at radius 1 is 1.31 bits per heavy atom. The summed E-state index contributed by atoms with van der Waals surface area (Å²) in [5, 5.41) is 0. The van der Waals surface area contributed by atoms with Gasteiger partial charge in [0, 0.05) is 12.2 Å². The number of benzene rings is 1. The Hall–Kier alpha value is -1.51. The Kier molecular flexibility index (Phi) is 2.31. The first kappa shape index (κ1) is 9.70. The molecule has 1 fully saturated rings. The number of hydrogen-bond acceptors (Lipinski definition) is 1. The van der Waals surface area contributed by atoms with Gasteiger partial charge in [0.25, 0.3) is 0 Å². The predicted molar refractivity (Wildman–Crippen MR) is 66.8 cm³/mol. The molecule has 2 N–H and O–H groups in total. The summed E-state index contributed by atoms with van der Waals surface area (Å²) in [5.41, 5.74) is 8.72. The number of hydrogen-bond donors (Lipinski definition) is 1. The second kappa shape index (κ2) is 3.81. The highest BCUT2D eigenvalue weighted by Crippen LogP contribution is 2.28. The molecule has 3 heteroatoms. The Labute approximate surface area is 96.0 Å². The molecule has 84 valence electrons. The minimum atomic E-state index is 0.495. The van der Waals surface area contributed by atoms with Crippen LogP contribution in [0.1, 0.15) is 24.8 Å². The van der Waals surface area contributed by atoms with Gasteiger partial charge in [-0.3, -0.25) is 0 Å². The number of fused-ring (bicyclic) bond motifs is 1. The Morgan fingerprint density at radius 3 is 2.94 bits per heavy atom. The van der Waals surface area contributed by atoms with Gasteiger partial charge >= 0.3 is 0 Å². The largest absolute Gasteiger partial charge is 0.370 e. The van der Waals surface area contributed by atoms with Gasteiger partial charge < -0.3 is 10.6 Å². The fraction of sp³-hybridized carbons (Fsp3) is 0.462. The van der Waals surface area contributed by atoms with E-state index in [0.717, 1.165) is 19.4 Å². The van der Waals surface area contributed by atoms with E-state index < -0.39 is 0 Å². The van der Waals surface area contributed by atoms with Crippen LogP contribution in [0.5, 0.6) is 0 Å². The van der Waals surface area contributed by atoms with Crippen LogP contribution in [0.3, 0.4) is 0 Å². The van der Waals surface area contributed by atoms with Crippen LogP contribution in [0.2, 0.25) is 0 Å². The quantitative estimate of drug-likeness (QED) is 0.574. The maximum absolute atomic E-state index is 6.08. The smallest absolute Gasteiger partial charge is 0.196 e. The average Bonchev–Trinajstić information content (AvgIpc) is 3.12. The van der Waals surface area contributed by atoms with Crippen LogP contribution in [-0.2, 0) is 6.42 Å². The van der Waals surface area contributed by atoms with E-state index in [1.165, 1.54) is 24.1 Å². The zero-order valence-electron chi connectivity index (χ0n) is 9.39. The van der Waals surface area contributed by atoms with Crippen LogP contribution >= 0.6 is 0 Å². The van der Waals surface area contributed by atoms with Crippen molar-refractivity contribution in [2.75, 3.05) is 11.4 Å². The summed E-state index contributed by atoms with van der Waals surface area (Å²) in [4.78, 5) is 6.70. The lowest BCUT2D eigenvalue weighted by molar-refractivity contribution is 0.772. The van der Waals surface area contributed by atoms with Crippen molar-refractivity contribution in [2.45, 2.75) is 31.7 Å². The molecule has 0 aromatic heterocycles. The van der Waals surface area contributed by atoms with Crippen molar-refractivity contribution in [3.05, 3.63) is 29.8 Å². The van der Waals surface area contributed by atoms with Gasteiger partial charge in [0.2, 0.25) is 0 Å². The van der Waals surface area contributed by atoms with Gasteiger partial charge in [0.15, 0.2) is 5.96 Å². The zero-order chi connectivity index (χ0) is 11.0. The van der Waals surface area contributed by atoms with Crippen LogP contribution in [0.15, 0.2) is 29.3 Å². The number of rotatable bonds is 1. The molecule has 0 radical (unpaired) electrons. The number of aliphatic imine (C=N–C) groups is 1. The van der Waals surface area contributed by atoms with Gasteiger partial charge in [-0.25, -0.2) is 4.99 Å². The molecular formula is C13H17N3. The van der Waals surface area contributed by atoms with Crippen LogP contribution in [-0.4, -0.2) is 18.5 Å². The monoisotopic (exact) mass is 215 g/mol. The van der Waals surface area contributed by atoms with Crippen LogP contribution in [0, 0.1) is 0 Å². The van der Waals surface area contributed by atoms with E-state index in [-0.39, 0.29) is 0 Å². The summed E-state index contributed by atoms with van der Waals surface area (Å²) in [6.07, 6.45) is 4.73. The van der Waals surface area contributed by atoms with Crippen LogP contribution in [0.4, 0.5) is 5.69 Å². The number of nitrogens with zero attached hydrogens (tertiary/aromatic N) is 2. The first-order valence-corrected chi connectivity index (χ1v) is 6.03. The van der Waals surface area contributed by atoms with E-state index >= 15 is 0 Å². The topological polar surface area (TPSA) is 41.6 Å². The van der Waals surface area contributed by atoms with Crippen molar-refractivity contribution < 1.29 is 0 Å². The molecule has 16 heavy (non-hydrogen) atoms. The van der Waals surface area contributed by atoms with Crippen molar-refractivity contribution in [1.29, 1.82) is 0 Å². The highest BCUT2D eigenvalue weighted by atomic mass is 15.3. The predicted octanol–water partition coefficient (Wildman–Crippen LogP) is 1.92. The Balaban J connectivity index is 1.91. The lowest BCUT2D eigenvalue weighted by atomic mass is 10.0. The zero-order valence-corrected chi connectivity index (χ0v) is 9.39. The van der Waals surface area contributed by atoms with E-state index in [2.05, 4.69) is 34.2 Å². The molecule has 3 rings (SSSR count). The molecule has 1 heterocycles. The SMILES string of the molecule is NC(=NC1CC1)N1CCCc2ccccc21. The van der Waals surface area contributed by atoms with Gasteiger partial charge in [-0.2, -0.15) is 0 Å². The fourth-order valence-electron chi connectivity index (χ4n) is 2.23. The van der Waals surface area contributed by atoms with Gasteiger partial charge in [-0.15, -0.1) is 0 Å². The average molecular weight is 215 g/mol. The number of guanidine groups is 1. The van der Waals surface area contributed by atoms with Gasteiger partial charge in [-0.1, -0.05) is 18.2 Å². The fourth-order valence-corrected chi connectivity index (χ4v) is 2.23. The summed E-state index contributed by atoms with van der Waals surface area (Å²) < 4.78 is 0. The lowest BCUT2D eigenvalue weighted by Gasteiger charge is -2.30. The molecule has 2 aliphatic rings.